The van der Waals surface area contributed by atoms with Crippen molar-refractivity contribution >= 4 is 28.8 Å². The first-order valence-corrected chi connectivity index (χ1v) is 12.6. The van der Waals surface area contributed by atoms with Gasteiger partial charge >= 0.3 is 0 Å². The zero-order valence-electron chi connectivity index (χ0n) is 20.2. The minimum absolute atomic E-state index is 0.152. The Labute approximate surface area is 210 Å². The Morgan fingerprint density at radius 1 is 0.889 bits per heavy atom. The van der Waals surface area contributed by atoms with E-state index in [-0.39, 0.29) is 35.5 Å². The van der Waals surface area contributed by atoms with Crippen LogP contribution in [0, 0.1) is 23.7 Å². The third-order valence-corrected chi connectivity index (χ3v) is 7.59. The molecule has 2 fully saturated rings. The lowest BCUT2D eigenvalue weighted by atomic mass is 9.63. The summed E-state index contributed by atoms with van der Waals surface area (Å²) in [6.07, 6.45) is 7.71. The average molecular weight is 481 g/mol. The molecule has 4 aliphatic rings. The Hall–Kier alpha value is -3.93. The summed E-state index contributed by atoms with van der Waals surface area (Å²) in [7, 11) is 0. The second-order valence-corrected chi connectivity index (χ2v) is 9.64. The van der Waals surface area contributed by atoms with Crippen LogP contribution in [0.15, 0.2) is 77.9 Å². The molecule has 3 aliphatic carbocycles. The second-order valence-electron chi connectivity index (χ2n) is 9.64. The van der Waals surface area contributed by atoms with E-state index in [2.05, 4.69) is 41.5 Å². The van der Waals surface area contributed by atoms with Gasteiger partial charge in [0.05, 0.1) is 24.7 Å². The summed E-state index contributed by atoms with van der Waals surface area (Å²) < 4.78 is 12.0. The van der Waals surface area contributed by atoms with Crippen LogP contribution in [0.4, 0.5) is 0 Å². The number of ether oxygens (including phenoxy) is 2. The molecule has 1 aliphatic heterocycles. The van der Waals surface area contributed by atoms with E-state index in [9.17, 15) is 9.59 Å². The van der Waals surface area contributed by atoms with Gasteiger partial charge in [-0.15, -0.1) is 0 Å². The van der Waals surface area contributed by atoms with Crippen molar-refractivity contribution in [3.8, 4) is 11.5 Å². The van der Waals surface area contributed by atoms with Crippen LogP contribution in [-0.2, 0) is 16.2 Å². The smallest absolute Gasteiger partial charge is 0.254 e. The summed E-state index contributed by atoms with van der Waals surface area (Å²) in [4.78, 5) is 26.0. The topological polar surface area (TPSA) is 68.2 Å². The van der Waals surface area contributed by atoms with Crippen LogP contribution in [0.1, 0.15) is 30.9 Å². The Bertz CT molecular complexity index is 1360. The fourth-order valence-electron chi connectivity index (χ4n) is 5.86. The standard InChI is InChI=1S/C30H28N2O4/c1-2-35-26-16-19(10-15-25(26)36-18-23-8-5-7-20-6-3-4-9-24(20)23)17-31-32-29(33)27-21-11-12-22(14-13-21)28(27)30(32)34/h3-12,15-17,21-22,27-28H,2,13-14,18H2,1H3/b31-17-/t21-,22+,27-,28-/m0/s1. The quantitative estimate of drug-likeness (QED) is 0.260. The minimum Gasteiger partial charge on any atom is -0.490 e. The number of carbonyl (C=O) groups excluding carboxylic acids is 2. The van der Waals surface area contributed by atoms with E-state index in [0.717, 1.165) is 34.4 Å². The molecule has 4 atom stereocenters. The van der Waals surface area contributed by atoms with E-state index in [4.69, 9.17) is 9.47 Å². The molecule has 1 saturated carbocycles. The second kappa shape index (κ2) is 9.26. The number of hydrogen-bond donors (Lipinski definition) is 0. The predicted molar refractivity (Wildman–Crippen MR) is 138 cm³/mol. The van der Waals surface area contributed by atoms with Crippen LogP contribution >= 0.6 is 0 Å². The zero-order valence-corrected chi connectivity index (χ0v) is 20.2. The van der Waals surface area contributed by atoms with Crippen molar-refractivity contribution < 1.29 is 19.1 Å². The van der Waals surface area contributed by atoms with Crippen LogP contribution in [0.25, 0.3) is 10.8 Å². The first kappa shape index (κ1) is 22.5. The lowest BCUT2D eigenvalue weighted by molar-refractivity contribution is -0.140. The zero-order chi connectivity index (χ0) is 24.6. The predicted octanol–water partition coefficient (Wildman–Crippen LogP) is 5.35. The maximum atomic E-state index is 13.0. The summed E-state index contributed by atoms with van der Waals surface area (Å²) >= 11 is 0. The molecule has 2 amide bonds. The van der Waals surface area contributed by atoms with Crippen molar-refractivity contribution in [2.24, 2.45) is 28.8 Å². The molecule has 6 heteroatoms. The Morgan fingerprint density at radius 3 is 2.33 bits per heavy atom. The molecular weight excluding hydrogens is 452 g/mol. The maximum absolute atomic E-state index is 13.0. The summed E-state index contributed by atoms with van der Waals surface area (Å²) in [5.41, 5.74) is 1.82. The maximum Gasteiger partial charge on any atom is 0.254 e. The number of imide groups is 1. The number of allylic oxidation sites excluding steroid dienone is 2. The molecule has 1 saturated heterocycles. The van der Waals surface area contributed by atoms with Crippen LogP contribution in [0.3, 0.4) is 0 Å². The molecule has 7 rings (SSSR count). The van der Waals surface area contributed by atoms with Crippen molar-refractivity contribution in [2.75, 3.05) is 6.61 Å². The molecule has 182 valence electrons. The molecular formula is C30H28N2O4. The van der Waals surface area contributed by atoms with Crippen molar-refractivity contribution in [1.29, 1.82) is 0 Å². The normalized spacial score (nSPS) is 24.6. The van der Waals surface area contributed by atoms with E-state index in [1.54, 1.807) is 6.21 Å². The van der Waals surface area contributed by atoms with Crippen LogP contribution in [0.5, 0.6) is 11.5 Å². The summed E-state index contributed by atoms with van der Waals surface area (Å²) in [5.74, 6) is 0.643. The number of amides is 2. The van der Waals surface area contributed by atoms with Crippen molar-refractivity contribution in [2.45, 2.75) is 26.4 Å². The number of benzene rings is 3. The average Bonchev–Trinajstić information content (AvgIpc) is 3.19. The number of hydrogen-bond acceptors (Lipinski definition) is 5. The van der Waals surface area contributed by atoms with Crippen molar-refractivity contribution in [3.63, 3.8) is 0 Å². The van der Waals surface area contributed by atoms with Gasteiger partial charge in [-0.05, 0) is 71.7 Å². The van der Waals surface area contributed by atoms with Gasteiger partial charge in [-0.3, -0.25) is 9.59 Å². The number of nitrogens with zero attached hydrogens (tertiary/aromatic N) is 2. The lowest BCUT2D eigenvalue weighted by Gasteiger charge is -2.37. The summed E-state index contributed by atoms with van der Waals surface area (Å²) in [6.45, 7) is 2.80. The van der Waals surface area contributed by atoms with E-state index >= 15 is 0 Å². The van der Waals surface area contributed by atoms with Crippen molar-refractivity contribution in [3.05, 3.63) is 83.9 Å². The third kappa shape index (κ3) is 3.87. The molecule has 0 radical (unpaired) electrons. The SMILES string of the molecule is CCOc1cc(/C=N\N2C(=O)[C@@H]3[C@@H](C2=O)[C@H]2C=C[C@@H]3CC2)ccc1OCc1cccc2ccccc12. The van der Waals surface area contributed by atoms with Crippen molar-refractivity contribution in [1.82, 2.24) is 5.01 Å². The fourth-order valence-corrected chi connectivity index (χ4v) is 5.86. The van der Waals surface area contributed by atoms with Gasteiger partial charge in [0.15, 0.2) is 11.5 Å². The molecule has 6 nitrogen and oxygen atoms in total. The fraction of sp³-hybridized carbons (Fsp3) is 0.300. The molecule has 0 unspecified atom stereocenters. The molecule has 1 heterocycles. The molecule has 0 N–H and O–H groups in total. The van der Waals surface area contributed by atoms with E-state index in [1.165, 1.54) is 5.39 Å². The van der Waals surface area contributed by atoms with Crippen LogP contribution < -0.4 is 9.47 Å². The van der Waals surface area contributed by atoms with Gasteiger partial charge in [0.1, 0.15) is 6.61 Å². The summed E-state index contributed by atoms with van der Waals surface area (Å²) in [6, 6.07) is 19.9. The highest BCUT2D eigenvalue weighted by Gasteiger charge is 2.56. The summed E-state index contributed by atoms with van der Waals surface area (Å²) in [5, 5.41) is 7.73. The van der Waals surface area contributed by atoms with Gasteiger partial charge in [0.25, 0.3) is 11.8 Å². The third-order valence-electron chi connectivity index (χ3n) is 7.59. The van der Waals surface area contributed by atoms with E-state index in [0.29, 0.717) is 24.7 Å². The first-order valence-electron chi connectivity index (χ1n) is 12.6. The van der Waals surface area contributed by atoms with E-state index in [1.807, 2.05) is 43.3 Å². The first-order chi connectivity index (χ1) is 17.6. The highest BCUT2D eigenvalue weighted by molar-refractivity contribution is 6.06. The van der Waals surface area contributed by atoms with Crippen LogP contribution in [-0.4, -0.2) is 29.6 Å². The molecule has 36 heavy (non-hydrogen) atoms. The molecule has 3 aromatic rings. The van der Waals surface area contributed by atoms with Gasteiger partial charge in [0, 0.05) is 0 Å². The highest BCUT2D eigenvalue weighted by Crippen LogP contribution is 2.49. The van der Waals surface area contributed by atoms with Gasteiger partial charge < -0.3 is 9.47 Å². The van der Waals surface area contributed by atoms with Gasteiger partial charge in [-0.2, -0.15) is 10.1 Å². The highest BCUT2D eigenvalue weighted by atomic mass is 16.5. The molecule has 0 spiro atoms. The van der Waals surface area contributed by atoms with Crippen LogP contribution in [0.2, 0.25) is 0 Å². The molecule has 2 bridgehead atoms. The number of hydrazone groups is 1. The Balaban J connectivity index is 1.20. The number of rotatable bonds is 7. The molecule has 0 aromatic heterocycles. The van der Waals surface area contributed by atoms with Gasteiger partial charge in [-0.1, -0.05) is 54.6 Å². The number of fused-ring (bicyclic) bond motifs is 2. The van der Waals surface area contributed by atoms with Gasteiger partial charge in [-0.25, -0.2) is 0 Å². The Morgan fingerprint density at radius 2 is 1.61 bits per heavy atom. The van der Waals surface area contributed by atoms with Gasteiger partial charge in [0.2, 0.25) is 0 Å². The largest absolute Gasteiger partial charge is 0.490 e. The minimum atomic E-state index is -0.262. The van der Waals surface area contributed by atoms with E-state index < -0.39 is 0 Å². The Kier molecular flexibility index (Phi) is 5.80. The lowest BCUT2D eigenvalue weighted by Crippen LogP contribution is -2.38. The monoisotopic (exact) mass is 480 g/mol. The molecule has 3 aromatic carbocycles. The number of carbonyl (C=O) groups is 2.